The smallest absolute Gasteiger partial charge is 0.238 e. The first-order chi connectivity index (χ1) is 9.30. The molecule has 2 fully saturated rings. The molecule has 1 aliphatic carbocycles. The van der Waals surface area contributed by atoms with Crippen molar-refractivity contribution in [3.63, 3.8) is 0 Å². The Morgan fingerprint density at radius 2 is 2.20 bits per heavy atom. The normalized spacial score (nSPS) is 40.7. The number of rotatable bonds is 2. The van der Waals surface area contributed by atoms with Gasteiger partial charge in [0, 0.05) is 5.92 Å². The van der Waals surface area contributed by atoms with Gasteiger partial charge in [0.15, 0.2) is 0 Å². The second kappa shape index (κ2) is 5.21. The predicted molar refractivity (Wildman–Crippen MR) is 78.4 cm³/mol. The Kier molecular flexibility index (Phi) is 3.93. The highest BCUT2D eigenvalue weighted by molar-refractivity contribution is 5.85. The SMILES string of the molecule is C=C(C)[C@H]1C[C@@H](C#N)[C@@H](C)C2(C1)NC(=O)[C@H](C(C)C)N2. The van der Waals surface area contributed by atoms with Crippen molar-refractivity contribution in [3.05, 3.63) is 12.2 Å². The number of carbonyl (C=O) groups is 1. The van der Waals surface area contributed by atoms with Gasteiger partial charge in [-0.3, -0.25) is 10.1 Å². The molecular formula is C16H25N3O. The van der Waals surface area contributed by atoms with Gasteiger partial charge in [-0.05, 0) is 31.6 Å². The van der Waals surface area contributed by atoms with Crippen molar-refractivity contribution in [2.75, 3.05) is 0 Å². The summed E-state index contributed by atoms with van der Waals surface area (Å²) in [5, 5.41) is 16.1. The quantitative estimate of drug-likeness (QED) is 0.759. The minimum atomic E-state index is -0.450. The Bertz CT molecular complexity index is 465. The Morgan fingerprint density at radius 3 is 2.65 bits per heavy atom. The molecular weight excluding hydrogens is 250 g/mol. The van der Waals surface area contributed by atoms with E-state index in [1.54, 1.807) is 0 Å². The van der Waals surface area contributed by atoms with Crippen LogP contribution in [0.4, 0.5) is 0 Å². The van der Waals surface area contributed by atoms with Crippen molar-refractivity contribution in [1.82, 2.24) is 10.6 Å². The van der Waals surface area contributed by atoms with E-state index in [-0.39, 0.29) is 35.6 Å². The van der Waals surface area contributed by atoms with Crippen molar-refractivity contribution in [2.24, 2.45) is 23.7 Å². The molecule has 0 aromatic carbocycles. The number of allylic oxidation sites excluding steroid dienone is 1. The van der Waals surface area contributed by atoms with Crippen molar-refractivity contribution in [2.45, 2.75) is 52.2 Å². The van der Waals surface area contributed by atoms with Gasteiger partial charge in [-0.15, -0.1) is 0 Å². The Hall–Kier alpha value is -1.34. The van der Waals surface area contributed by atoms with Gasteiger partial charge in [0.1, 0.15) is 0 Å². The van der Waals surface area contributed by atoms with Crippen LogP contribution in [0.3, 0.4) is 0 Å². The zero-order valence-electron chi connectivity index (χ0n) is 12.9. The van der Waals surface area contributed by atoms with Gasteiger partial charge in [0.05, 0.1) is 23.7 Å². The third-order valence-corrected chi connectivity index (χ3v) is 5.06. The molecule has 0 radical (unpaired) electrons. The van der Waals surface area contributed by atoms with Gasteiger partial charge in [0.2, 0.25) is 5.91 Å². The van der Waals surface area contributed by atoms with E-state index in [1.807, 2.05) is 20.8 Å². The van der Waals surface area contributed by atoms with Gasteiger partial charge in [-0.1, -0.05) is 32.9 Å². The van der Waals surface area contributed by atoms with Crippen LogP contribution in [0.5, 0.6) is 0 Å². The predicted octanol–water partition coefficient (Wildman–Crippen LogP) is 2.19. The molecule has 0 aromatic rings. The molecule has 2 rings (SSSR count). The van der Waals surface area contributed by atoms with Gasteiger partial charge in [0.25, 0.3) is 0 Å². The maximum atomic E-state index is 12.2. The lowest BCUT2D eigenvalue weighted by molar-refractivity contribution is -0.122. The summed E-state index contributed by atoms with van der Waals surface area (Å²) in [6, 6.07) is 2.25. The molecule has 1 heterocycles. The molecule has 4 nitrogen and oxygen atoms in total. The molecule has 1 unspecified atom stereocenters. The first-order valence-corrected chi connectivity index (χ1v) is 7.45. The van der Waals surface area contributed by atoms with Gasteiger partial charge >= 0.3 is 0 Å². The van der Waals surface area contributed by atoms with Crippen LogP contribution < -0.4 is 10.6 Å². The van der Waals surface area contributed by atoms with Crippen LogP contribution >= 0.6 is 0 Å². The van der Waals surface area contributed by atoms with Crippen LogP contribution in [-0.2, 0) is 4.79 Å². The van der Waals surface area contributed by atoms with E-state index in [1.165, 1.54) is 0 Å². The fraction of sp³-hybridized carbons (Fsp3) is 0.750. The van der Waals surface area contributed by atoms with Gasteiger partial charge in [-0.25, -0.2) is 0 Å². The van der Waals surface area contributed by atoms with Crippen molar-refractivity contribution in [1.29, 1.82) is 5.26 Å². The van der Waals surface area contributed by atoms with E-state index in [2.05, 4.69) is 30.2 Å². The van der Waals surface area contributed by atoms with E-state index < -0.39 is 5.66 Å². The lowest BCUT2D eigenvalue weighted by atomic mass is 9.67. The molecule has 110 valence electrons. The van der Waals surface area contributed by atoms with Gasteiger partial charge in [-0.2, -0.15) is 5.26 Å². The van der Waals surface area contributed by atoms with Crippen molar-refractivity contribution >= 4 is 5.91 Å². The van der Waals surface area contributed by atoms with E-state index in [9.17, 15) is 10.1 Å². The number of amides is 1. The fourth-order valence-corrected chi connectivity index (χ4v) is 3.55. The third kappa shape index (κ3) is 2.35. The molecule has 1 amide bonds. The lowest BCUT2D eigenvalue weighted by Crippen LogP contribution is -2.61. The third-order valence-electron chi connectivity index (χ3n) is 5.06. The van der Waals surface area contributed by atoms with E-state index in [4.69, 9.17) is 0 Å². The molecule has 4 heteroatoms. The first-order valence-electron chi connectivity index (χ1n) is 7.45. The Morgan fingerprint density at radius 1 is 1.55 bits per heavy atom. The maximum Gasteiger partial charge on any atom is 0.238 e. The highest BCUT2D eigenvalue weighted by Gasteiger charge is 2.53. The molecule has 0 bridgehead atoms. The largest absolute Gasteiger partial charge is 0.336 e. The number of nitrogens with one attached hydrogen (secondary N) is 2. The molecule has 20 heavy (non-hydrogen) atoms. The number of nitriles is 1. The number of nitrogens with zero attached hydrogens (tertiary/aromatic N) is 1. The molecule has 1 aliphatic heterocycles. The summed E-state index contributed by atoms with van der Waals surface area (Å²) in [7, 11) is 0. The van der Waals surface area contributed by atoms with Crippen molar-refractivity contribution < 1.29 is 4.79 Å². The van der Waals surface area contributed by atoms with E-state index >= 15 is 0 Å². The number of hydrogen-bond acceptors (Lipinski definition) is 3. The number of hydrogen-bond donors (Lipinski definition) is 2. The summed E-state index contributed by atoms with van der Waals surface area (Å²) < 4.78 is 0. The van der Waals surface area contributed by atoms with Crippen LogP contribution in [0, 0.1) is 35.0 Å². The average Bonchev–Trinajstić information content (AvgIpc) is 2.70. The molecule has 2 N–H and O–H groups in total. The van der Waals surface area contributed by atoms with Gasteiger partial charge < -0.3 is 5.32 Å². The standard InChI is InChI=1S/C16H25N3O/c1-9(2)12-6-13(8-17)11(5)16(7-12)18-14(10(3)4)15(20)19-16/h10-14,18H,1,6-7H2,2-5H3,(H,19,20)/t11-,12+,13+,14+,16?/m1/s1. The zero-order chi connectivity index (χ0) is 15.1. The number of carbonyl (C=O) groups excluding carboxylic acids is 1. The van der Waals surface area contributed by atoms with Crippen molar-refractivity contribution in [3.8, 4) is 6.07 Å². The molecule has 1 spiro atoms. The Balaban J connectivity index is 2.31. The second-order valence-corrected chi connectivity index (χ2v) is 6.83. The second-order valence-electron chi connectivity index (χ2n) is 6.83. The van der Waals surface area contributed by atoms with Crippen LogP contribution in [0.2, 0.25) is 0 Å². The van der Waals surface area contributed by atoms with E-state index in [0.717, 1.165) is 18.4 Å². The summed E-state index contributed by atoms with van der Waals surface area (Å²) in [5.74, 6) is 0.646. The topological polar surface area (TPSA) is 64.9 Å². The summed E-state index contributed by atoms with van der Waals surface area (Å²) in [6.07, 6.45) is 1.68. The average molecular weight is 275 g/mol. The lowest BCUT2D eigenvalue weighted by Gasteiger charge is -2.46. The van der Waals surface area contributed by atoms with Crippen LogP contribution in [0.1, 0.15) is 40.5 Å². The highest BCUT2D eigenvalue weighted by atomic mass is 16.2. The summed E-state index contributed by atoms with van der Waals surface area (Å²) in [6.45, 7) is 12.2. The molecule has 1 saturated carbocycles. The summed E-state index contributed by atoms with van der Waals surface area (Å²) in [4.78, 5) is 12.2. The van der Waals surface area contributed by atoms with E-state index in [0.29, 0.717) is 0 Å². The molecule has 5 atom stereocenters. The minimum absolute atomic E-state index is 0.0517. The zero-order valence-corrected chi connectivity index (χ0v) is 12.9. The van der Waals surface area contributed by atoms with Crippen LogP contribution in [0.25, 0.3) is 0 Å². The monoisotopic (exact) mass is 275 g/mol. The van der Waals surface area contributed by atoms with Crippen LogP contribution in [-0.4, -0.2) is 17.6 Å². The minimum Gasteiger partial charge on any atom is -0.336 e. The highest BCUT2D eigenvalue weighted by Crippen LogP contribution is 2.43. The molecule has 1 saturated heterocycles. The summed E-state index contributed by atoms with van der Waals surface area (Å²) >= 11 is 0. The summed E-state index contributed by atoms with van der Waals surface area (Å²) in [5.41, 5.74) is 0.648. The molecule has 0 aromatic heterocycles. The molecule has 2 aliphatic rings. The maximum absolute atomic E-state index is 12.2. The Labute approximate surface area is 121 Å². The first kappa shape index (κ1) is 15.1. The fourth-order valence-electron chi connectivity index (χ4n) is 3.55. The van der Waals surface area contributed by atoms with Crippen LogP contribution in [0.15, 0.2) is 12.2 Å².